The summed E-state index contributed by atoms with van der Waals surface area (Å²) >= 11 is 11.3. The lowest BCUT2D eigenvalue weighted by molar-refractivity contribution is -0.255. The molecule has 0 radical (unpaired) electrons. The van der Waals surface area contributed by atoms with Gasteiger partial charge in [0.25, 0.3) is 0 Å². The van der Waals surface area contributed by atoms with Crippen molar-refractivity contribution in [3.05, 3.63) is 33.3 Å². The number of halogens is 2. The molecule has 1 aromatic rings. The van der Waals surface area contributed by atoms with E-state index in [-0.39, 0.29) is 5.56 Å². The van der Waals surface area contributed by atoms with Gasteiger partial charge in [0, 0.05) is 15.6 Å². The highest BCUT2D eigenvalue weighted by atomic mass is 35.5. The summed E-state index contributed by atoms with van der Waals surface area (Å²) in [6.07, 6.45) is 0. The van der Waals surface area contributed by atoms with Gasteiger partial charge in [-0.25, -0.2) is 0 Å². The fourth-order valence-electron chi connectivity index (χ4n) is 0.858. The number of carboxylic acids is 1. The predicted octanol–water partition coefficient (Wildman–Crippen LogP) is 1.67. The standard InChI is InChI=1S/C8H6Cl2O2/c1-4-6(8(11)12)2-5(9)3-7(4)10/h2-3H,1H3,(H,11,12)/p-1. The minimum absolute atomic E-state index is 0.0347. The molecular weight excluding hydrogens is 199 g/mol. The van der Waals surface area contributed by atoms with Gasteiger partial charge in [-0.05, 0) is 24.6 Å². The van der Waals surface area contributed by atoms with Crippen LogP contribution in [0.1, 0.15) is 15.9 Å². The minimum Gasteiger partial charge on any atom is -0.545 e. The Morgan fingerprint density at radius 3 is 2.50 bits per heavy atom. The monoisotopic (exact) mass is 203 g/mol. The van der Waals surface area contributed by atoms with E-state index in [2.05, 4.69) is 0 Å². The molecular formula is C8H5Cl2O2-. The Bertz CT molecular complexity index is 334. The van der Waals surface area contributed by atoms with Gasteiger partial charge in [0.15, 0.2) is 0 Å². The summed E-state index contributed by atoms with van der Waals surface area (Å²) in [6.45, 7) is 1.60. The van der Waals surface area contributed by atoms with E-state index in [9.17, 15) is 9.90 Å². The molecule has 0 saturated carbocycles. The summed E-state index contributed by atoms with van der Waals surface area (Å²) in [7, 11) is 0. The number of hydrogen-bond acceptors (Lipinski definition) is 2. The van der Waals surface area contributed by atoms with Gasteiger partial charge in [0.2, 0.25) is 0 Å². The molecule has 2 nitrogen and oxygen atoms in total. The van der Waals surface area contributed by atoms with Crippen LogP contribution in [0, 0.1) is 6.92 Å². The van der Waals surface area contributed by atoms with Crippen molar-refractivity contribution in [2.24, 2.45) is 0 Å². The second kappa shape index (κ2) is 3.33. The maximum atomic E-state index is 10.5. The smallest absolute Gasteiger partial charge is 0.0719 e. The Balaban J connectivity index is 3.37. The van der Waals surface area contributed by atoms with Crippen LogP contribution in [0.3, 0.4) is 0 Å². The molecule has 4 heteroatoms. The highest BCUT2D eigenvalue weighted by molar-refractivity contribution is 6.35. The molecule has 1 rings (SSSR count). The SMILES string of the molecule is Cc1c(Cl)cc(Cl)cc1C(=O)[O-]. The van der Waals surface area contributed by atoms with Crippen LogP contribution in [0.25, 0.3) is 0 Å². The summed E-state index contributed by atoms with van der Waals surface area (Å²) in [5.74, 6) is -1.27. The zero-order valence-corrected chi connectivity index (χ0v) is 7.74. The van der Waals surface area contributed by atoms with Crippen LogP contribution in [-0.4, -0.2) is 5.97 Å². The number of benzene rings is 1. The molecule has 0 saturated heterocycles. The molecule has 0 amide bonds. The topological polar surface area (TPSA) is 40.1 Å². The van der Waals surface area contributed by atoms with Gasteiger partial charge in [-0.3, -0.25) is 0 Å². The lowest BCUT2D eigenvalue weighted by atomic mass is 10.1. The average molecular weight is 204 g/mol. The lowest BCUT2D eigenvalue weighted by Crippen LogP contribution is -2.23. The van der Waals surface area contributed by atoms with Gasteiger partial charge in [0.05, 0.1) is 5.97 Å². The molecule has 0 spiro atoms. The van der Waals surface area contributed by atoms with E-state index in [1.807, 2.05) is 0 Å². The first-order chi connectivity index (χ1) is 5.52. The summed E-state index contributed by atoms with van der Waals surface area (Å²) in [4.78, 5) is 10.5. The van der Waals surface area contributed by atoms with Crippen molar-refractivity contribution in [2.75, 3.05) is 0 Å². The van der Waals surface area contributed by atoms with Gasteiger partial charge >= 0.3 is 0 Å². The largest absolute Gasteiger partial charge is 0.545 e. The summed E-state index contributed by atoms with van der Waals surface area (Å²) in [6, 6.07) is 2.81. The van der Waals surface area contributed by atoms with E-state index in [1.165, 1.54) is 12.1 Å². The maximum Gasteiger partial charge on any atom is 0.0719 e. The third kappa shape index (κ3) is 1.71. The third-order valence-corrected chi connectivity index (χ3v) is 2.14. The van der Waals surface area contributed by atoms with Gasteiger partial charge < -0.3 is 9.90 Å². The quantitative estimate of drug-likeness (QED) is 0.697. The molecule has 1 aromatic carbocycles. The number of carbonyl (C=O) groups is 1. The maximum absolute atomic E-state index is 10.5. The zero-order valence-electron chi connectivity index (χ0n) is 6.23. The Hall–Kier alpha value is -0.730. The van der Waals surface area contributed by atoms with Crippen LogP contribution in [0.5, 0.6) is 0 Å². The van der Waals surface area contributed by atoms with Crippen molar-refractivity contribution >= 4 is 29.2 Å². The highest BCUT2D eigenvalue weighted by Crippen LogP contribution is 2.23. The van der Waals surface area contributed by atoms with Crippen LogP contribution in [0.15, 0.2) is 12.1 Å². The Labute approximate surface area is 79.7 Å². The van der Waals surface area contributed by atoms with Gasteiger partial charge in [-0.15, -0.1) is 0 Å². The van der Waals surface area contributed by atoms with Crippen LogP contribution in [-0.2, 0) is 0 Å². The fraction of sp³-hybridized carbons (Fsp3) is 0.125. The first-order valence-corrected chi connectivity index (χ1v) is 3.95. The summed E-state index contributed by atoms with van der Waals surface area (Å²) in [5, 5.41) is 11.1. The average Bonchev–Trinajstić information content (AvgIpc) is 1.96. The molecule has 0 N–H and O–H groups in total. The van der Waals surface area contributed by atoms with Crippen LogP contribution < -0.4 is 5.11 Å². The summed E-state index contributed by atoms with van der Waals surface area (Å²) < 4.78 is 0. The molecule has 0 atom stereocenters. The molecule has 0 heterocycles. The van der Waals surface area contributed by atoms with E-state index < -0.39 is 5.97 Å². The van der Waals surface area contributed by atoms with Crippen LogP contribution >= 0.6 is 23.2 Å². The van der Waals surface area contributed by atoms with E-state index in [0.717, 1.165) is 0 Å². The Morgan fingerprint density at radius 2 is 2.00 bits per heavy atom. The second-order valence-corrected chi connectivity index (χ2v) is 3.19. The van der Waals surface area contributed by atoms with E-state index in [0.29, 0.717) is 15.6 Å². The van der Waals surface area contributed by atoms with Crippen LogP contribution in [0.2, 0.25) is 10.0 Å². The van der Waals surface area contributed by atoms with Crippen molar-refractivity contribution in [2.45, 2.75) is 6.92 Å². The molecule has 0 fully saturated rings. The zero-order chi connectivity index (χ0) is 9.30. The van der Waals surface area contributed by atoms with Crippen molar-refractivity contribution in [1.82, 2.24) is 0 Å². The molecule has 0 aliphatic rings. The van der Waals surface area contributed by atoms with Crippen molar-refractivity contribution in [3.8, 4) is 0 Å². The van der Waals surface area contributed by atoms with Crippen molar-refractivity contribution in [1.29, 1.82) is 0 Å². The number of rotatable bonds is 1. The second-order valence-electron chi connectivity index (χ2n) is 2.35. The fourth-order valence-corrected chi connectivity index (χ4v) is 1.35. The normalized spacial score (nSPS) is 9.92. The number of aromatic carboxylic acids is 1. The molecule has 0 aromatic heterocycles. The highest BCUT2D eigenvalue weighted by Gasteiger charge is 2.04. The first kappa shape index (κ1) is 9.36. The molecule has 0 aliphatic heterocycles. The molecule has 64 valence electrons. The van der Waals surface area contributed by atoms with Crippen LogP contribution in [0.4, 0.5) is 0 Å². The first-order valence-electron chi connectivity index (χ1n) is 3.19. The van der Waals surface area contributed by atoms with Gasteiger partial charge in [-0.1, -0.05) is 23.2 Å². The van der Waals surface area contributed by atoms with Gasteiger partial charge in [0.1, 0.15) is 0 Å². The number of carbonyl (C=O) groups excluding carboxylic acids is 1. The molecule has 0 unspecified atom stereocenters. The molecule has 0 aliphatic carbocycles. The number of hydrogen-bond donors (Lipinski definition) is 0. The Kier molecular flexibility index (Phi) is 2.60. The summed E-state index contributed by atoms with van der Waals surface area (Å²) in [5.41, 5.74) is 0.508. The Morgan fingerprint density at radius 1 is 1.42 bits per heavy atom. The molecule has 0 bridgehead atoms. The van der Waals surface area contributed by atoms with Crippen molar-refractivity contribution < 1.29 is 9.90 Å². The van der Waals surface area contributed by atoms with E-state index in [4.69, 9.17) is 23.2 Å². The van der Waals surface area contributed by atoms with Crippen molar-refractivity contribution in [3.63, 3.8) is 0 Å². The van der Waals surface area contributed by atoms with Gasteiger partial charge in [-0.2, -0.15) is 0 Å². The van der Waals surface area contributed by atoms with E-state index in [1.54, 1.807) is 6.92 Å². The van der Waals surface area contributed by atoms with E-state index >= 15 is 0 Å². The third-order valence-electron chi connectivity index (χ3n) is 1.53. The molecule has 12 heavy (non-hydrogen) atoms. The lowest BCUT2D eigenvalue weighted by Gasteiger charge is -2.08. The number of carboxylic acid groups (broad SMARTS) is 1. The predicted molar refractivity (Wildman–Crippen MR) is 45.5 cm³/mol. The minimum atomic E-state index is -1.27.